The summed E-state index contributed by atoms with van der Waals surface area (Å²) in [5.41, 5.74) is 1.03. The highest BCUT2D eigenvalue weighted by Crippen LogP contribution is 2.18. The molecular weight excluding hydrogens is 256 g/mol. The molecule has 0 radical (unpaired) electrons. The first-order valence-corrected chi connectivity index (χ1v) is 6.78. The van der Waals surface area contributed by atoms with Crippen molar-refractivity contribution in [1.82, 2.24) is 25.3 Å². The van der Waals surface area contributed by atoms with Gasteiger partial charge in [-0.2, -0.15) is 5.10 Å². The molecule has 1 aromatic rings. The van der Waals surface area contributed by atoms with Crippen molar-refractivity contribution in [1.29, 1.82) is 0 Å². The summed E-state index contributed by atoms with van der Waals surface area (Å²) in [5.74, 6) is 0.708. The van der Waals surface area contributed by atoms with E-state index in [2.05, 4.69) is 20.7 Å². The predicted molar refractivity (Wildman–Crippen MR) is 77.2 cm³/mol. The molecule has 1 amide bonds. The number of carbonyl (C=O) groups excluding carboxylic acids is 1. The zero-order chi connectivity index (χ0) is 14.5. The Labute approximate surface area is 119 Å². The summed E-state index contributed by atoms with van der Waals surface area (Å²) in [5, 5.41) is 10.5. The number of guanidine groups is 1. The minimum atomic E-state index is 0.0239. The van der Waals surface area contributed by atoms with Crippen LogP contribution in [0.15, 0.2) is 17.3 Å². The van der Waals surface area contributed by atoms with Gasteiger partial charge in [0.25, 0.3) is 0 Å². The monoisotopic (exact) mass is 278 g/mol. The quantitative estimate of drug-likeness (QED) is 0.573. The summed E-state index contributed by atoms with van der Waals surface area (Å²) >= 11 is 0. The highest BCUT2D eigenvalue weighted by atomic mass is 16.2. The number of hydrogen-bond acceptors (Lipinski definition) is 3. The van der Waals surface area contributed by atoms with Crippen LogP contribution in [-0.2, 0) is 18.4 Å². The topological polar surface area (TPSA) is 74.5 Å². The molecule has 0 unspecified atom stereocenters. The summed E-state index contributed by atoms with van der Waals surface area (Å²) in [6.45, 7) is 0.783. The molecule has 7 nitrogen and oxygen atoms in total. The van der Waals surface area contributed by atoms with Crippen LogP contribution in [0.5, 0.6) is 0 Å². The molecule has 1 aliphatic carbocycles. The molecule has 1 heterocycles. The number of rotatable bonds is 5. The minimum absolute atomic E-state index is 0.0239. The number of aliphatic imine (C=N–C) groups is 1. The lowest BCUT2D eigenvalue weighted by Crippen LogP contribution is -2.43. The molecule has 0 saturated heterocycles. The van der Waals surface area contributed by atoms with Crippen LogP contribution in [0.1, 0.15) is 18.5 Å². The largest absolute Gasteiger partial charge is 0.354 e. The van der Waals surface area contributed by atoms with E-state index in [0.717, 1.165) is 18.5 Å². The maximum absolute atomic E-state index is 11.6. The molecule has 1 aromatic heterocycles. The van der Waals surface area contributed by atoms with Crippen molar-refractivity contribution in [2.75, 3.05) is 20.6 Å². The van der Waals surface area contributed by atoms with Crippen LogP contribution in [0.4, 0.5) is 0 Å². The lowest BCUT2D eigenvalue weighted by molar-refractivity contribution is -0.127. The van der Waals surface area contributed by atoms with Crippen LogP contribution >= 0.6 is 0 Å². The summed E-state index contributed by atoms with van der Waals surface area (Å²) in [7, 11) is 5.37. The Bertz CT molecular complexity index is 489. The number of hydrogen-bond donors (Lipinski definition) is 2. The Hall–Kier alpha value is -2.05. The van der Waals surface area contributed by atoms with E-state index in [0.29, 0.717) is 18.5 Å². The first-order valence-electron chi connectivity index (χ1n) is 6.78. The maximum atomic E-state index is 11.6. The zero-order valence-corrected chi connectivity index (χ0v) is 12.3. The van der Waals surface area contributed by atoms with Crippen LogP contribution < -0.4 is 10.6 Å². The minimum Gasteiger partial charge on any atom is -0.354 e. The Balaban J connectivity index is 1.92. The van der Waals surface area contributed by atoms with E-state index in [9.17, 15) is 4.79 Å². The van der Waals surface area contributed by atoms with Crippen molar-refractivity contribution in [2.45, 2.75) is 25.4 Å². The highest BCUT2D eigenvalue weighted by Gasteiger charge is 2.22. The summed E-state index contributed by atoms with van der Waals surface area (Å²) in [4.78, 5) is 17.7. The van der Waals surface area contributed by atoms with Gasteiger partial charge in [0.05, 0.1) is 18.8 Å². The number of carbonyl (C=O) groups is 1. The van der Waals surface area contributed by atoms with Gasteiger partial charge in [-0.3, -0.25) is 9.48 Å². The van der Waals surface area contributed by atoms with Gasteiger partial charge in [0.2, 0.25) is 5.91 Å². The summed E-state index contributed by atoms with van der Waals surface area (Å²) in [6.07, 6.45) is 4.07. The number of nitrogens with one attached hydrogen (secondary N) is 2. The van der Waals surface area contributed by atoms with Crippen LogP contribution in [0.2, 0.25) is 0 Å². The van der Waals surface area contributed by atoms with Gasteiger partial charge < -0.3 is 15.5 Å². The molecule has 2 rings (SSSR count). The van der Waals surface area contributed by atoms with E-state index in [1.807, 2.05) is 13.1 Å². The van der Waals surface area contributed by atoms with Crippen molar-refractivity contribution in [3.63, 3.8) is 0 Å². The average Bonchev–Trinajstić information content (AvgIpc) is 3.13. The Morgan fingerprint density at radius 1 is 1.55 bits per heavy atom. The first-order chi connectivity index (χ1) is 9.56. The van der Waals surface area contributed by atoms with E-state index in [-0.39, 0.29) is 12.5 Å². The molecule has 1 saturated carbocycles. The van der Waals surface area contributed by atoms with Gasteiger partial charge in [0.15, 0.2) is 5.96 Å². The second-order valence-corrected chi connectivity index (χ2v) is 5.17. The summed E-state index contributed by atoms with van der Waals surface area (Å²) < 4.78 is 1.79. The lowest BCUT2D eigenvalue weighted by Gasteiger charge is -2.14. The molecule has 2 N–H and O–H groups in total. The number of aryl methyl sites for hydroxylation is 1. The smallest absolute Gasteiger partial charge is 0.241 e. The van der Waals surface area contributed by atoms with Crippen molar-refractivity contribution in [3.8, 4) is 0 Å². The van der Waals surface area contributed by atoms with Gasteiger partial charge in [-0.1, -0.05) is 0 Å². The fourth-order valence-electron chi connectivity index (χ4n) is 1.61. The van der Waals surface area contributed by atoms with Gasteiger partial charge in [-0.05, 0) is 18.9 Å². The molecular formula is C13H22N6O. The molecule has 1 aliphatic rings. The second-order valence-electron chi connectivity index (χ2n) is 5.17. The van der Waals surface area contributed by atoms with Gasteiger partial charge in [-0.25, -0.2) is 4.99 Å². The Kier molecular flexibility index (Phi) is 4.60. The fraction of sp³-hybridized carbons (Fsp3) is 0.615. The Morgan fingerprint density at radius 2 is 2.30 bits per heavy atom. The van der Waals surface area contributed by atoms with Crippen LogP contribution in [0.3, 0.4) is 0 Å². The predicted octanol–water partition coefficient (Wildman–Crippen LogP) is -0.294. The van der Waals surface area contributed by atoms with E-state index in [4.69, 9.17) is 0 Å². The number of aromatic nitrogens is 2. The SMILES string of the molecule is CN(C)C(=O)CNC(=NCc1ccnn1C)NC1CC1. The fourth-order valence-corrected chi connectivity index (χ4v) is 1.61. The summed E-state index contributed by atoms with van der Waals surface area (Å²) in [6, 6.07) is 2.42. The normalized spacial score (nSPS) is 15.1. The number of nitrogens with zero attached hydrogens (tertiary/aromatic N) is 4. The molecule has 0 atom stereocenters. The van der Waals surface area contributed by atoms with Crippen molar-refractivity contribution < 1.29 is 4.79 Å². The molecule has 0 spiro atoms. The lowest BCUT2D eigenvalue weighted by atomic mass is 10.4. The molecule has 7 heteroatoms. The molecule has 0 bridgehead atoms. The third-order valence-corrected chi connectivity index (χ3v) is 3.15. The van der Waals surface area contributed by atoms with E-state index in [1.54, 1.807) is 29.9 Å². The molecule has 0 aromatic carbocycles. The van der Waals surface area contributed by atoms with E-state index >= 15 is 0 Å². The van der Waals surface area contributed by atoms with Gasteiger partial charge in [-0.15, -0.1) is 0 Å². The molecule has 1 fully saturated rings. The number of amides is 1. The Morgan fingerprint density at radius 3 is 2.85 bits per heavy atom. The van der Waals surface area contributed by atoms with E-state index in [1.165, 1.54) is 0 Å². The van der Waals surface area contributed by atoms with Crippen LogP contribution in [0, 0.1) is 0 Å². The second kappa shape index (κ2) is 6.40. The standard InChI is InChI=1S/C13H22N6O/c1-18(2)12(20)9-15-13(17-10-4-5-10)14-8-11-6-7-16-19(11)3/h6-7,10H,4-5,8-9H2,1-3H3,(H2,14,15,17). The van der Waals surface area contributed by atoms with Crippen LogP contribution in [0.25, 0.3) is 0 Å². The van der Waals surface area contributed by atoms with Gasteiger partial charge in [0.1, 0.15) is 0 Å². The molecule has 20 heavy (non-hydrogen) atoms. The van der Waals surface area contributed by atoms with Crippen molar-refractivity contribution in [2.24, 2.45) is 12.0 Å². The number of likely N-dealkylation sites (N-methyl/N-ethyl adjacent to an activating group) is 1. The maximum Gasteiger partial charge on any atom is 0.241 e. The average molecular weight is 278 g/mol. The third-order valence-electron chi connectivity index (χ3n) is 3.15. The van der Waals surface area contributed by atoms with Crippen molar-refractivity contribution in [3.05, 3.63) is 18.0 Å². The molecule has 0 aliphatic heterocycles. The van der Waals surface area contributed by atoms with Crippen molar-refractivity contribution >= 4 is 11.9 Å². The van der Waals surface area contributed by atoms with Crippen LogP contribution in [-0.4, -0.2) is 53.2 Å². The molecule has 110 valence electrons. The van der Waals surface area contributed by atoms with Gasteiger partial charge >= 0.3 is 0 Å². The third kappa shape index (κ3) is 4.25. The zero-order valence-electron chi connectivity index (χ0n) is 12.3. The first kappa shape index (κ1) is 14.4. The highest BCUT2D eigenvalue weighted by molar-refractivity contribution is 5.86. The van der Waals surface area contributed by atoms with E-state index < -0.39 is 0 Å². The van der Waals surface area contributed by atoms with Gasteiger partial charge in [0, 0.05) is 33.4 Å².